The molecule has 2 nitrogen and oxygen atoms in total. The van der Waals surface area contributed by atoms with Gasteiger partial charge in [0.25, 0.3) is 0 Å². The van der Waals surface area contributed by atoms with Crippen LogP contribution in [0.25, 0.3) is 0 Å². The van der Waals surface area contributed by atoms with E-state index < -0.39 is 0 Å². The number of hydrogen-bond donors (Lipinski definition) is 1. The normalized spacial score (nSPS) is 22.2. The van der Waals surface area contributed by atoms with Crippen LogP contribution in [0, 0.1) is 5.92 Å². The molecule has 1 aromatic carbocycles. The molecule has 0 radical (unpaired) electrons. The summed E-state index contributed by atoms with van der Waals surface area (Å²) in [5, 5.41) is 3.35. The Bertz CT molecular complexity index is 385. The third-order valence-corrected chi connectivity index (χ3v) is 3.58. The summed E-state index contributed by atoms with van der Waals surface area (Å²) in [7, 11) is 0. The van der Waals surface area contributed by atoms with Gasteiger partial charge in [-0.1, -0.05) is 44.2 Å². The monoisotopic (exact) mass is 245 g/mol. The summed E-state index contributed by atoms with van der Waals surface area (Å²) in [6.45, 7) is 5.22. The van der Waals surface area contributed by atoms with Crippen molar-refractivity contribution in [3.63, 3.8) is 0 Å². The van der Waals surface area contributed by atoms with E-state index in [0.717, 1.165) is 25.8 Å². The van der Waals surface area contributed by atoms with Gasteiger partial charge in [0.05, 0.1) is 0 Å². The molecule has 0 aromatic heterocycles. The van der Waals surface area contributed by atoms with Crippen LogP contribution in [0.1, 0.15) is 44.6 Å². The molecule has 1 N–H and O–H groups in total. The summed E-state index contributed by atoms with van der Waals surface area (Å²) >= 11 is 0. The number of hydrogen-bond acceptors (Lipinski definition) is 2. The summed E-state index contributed by atoms with van der Waals surface area (Å²) in [5.74, 6) is 1.25. The van der Waals surface area contributed by atoms with Gasteiger partial charge in [-0.15, -0.1) is 0 Å². The molecule has 0 amide bonds. The number of carbonyl (C=O) groups is 1. The first kappa shape index (κ1) is 13.3. The Balaban J connectivity index is 1.70. The van der Waals surface area contributed by atoms with Gasteiger partial charge in [-0.05, 0) is 30.9 Å². The highest BCUT2D eigenvalue weighted by Crippen LogP contribution is 2.48. The van der Waals surface area contributed by atoms with Crippen LogP contribution in [-0.2, 0) is 4.79 Å². The Hall–Kier alpha value is -1.15. The molecule has 2 rings (SSSR count). The number of ketones is 1. The minimum absolute atomic E-state index is 0.298. The van der Waals surface area contributed by atoms with Crippen LogP contribution in [0.2, 0.25) is 0 Å². The quantitative estimate of drug-likeness (QED) is 0.748. The lowest BCUT2D eigenvalue weighted by Crippen LogP contribution is -2.24. The van der Waals surface area contributed by atoms with E-state index in [9.17, 15) is 4.79 Å². The molecule has 0 aliphatic heterocycles. The van der Waals surface area contributed by atoms with Gasteiger partial charge in [0, 0.05) is 18.4 Å². The van der Waals surface area contributed by atoms with Gasteiger partial charge >= 0.3 is 0 Å². The smallest absolute Gasteiger partial charge is 0.136 e. The zero-order chi connectivity index (χ0) is 13.0. The number of benzene rings is 1. The maximum atomic E-state index is 12.0. The van der Waals surface area contributed by atoms with Crippen LogP contribution < -0.4 is 5.32 Å². The van der Waals surface area contributed by atoms with Gasteiger partial charge in [0.15, 0.2) is 0 Å². The first-order chi connectivity index (χ1) is 8.68. The average Bonchev–Trinajstić information content (AvgIpc) is 3.15. The molecule has 1 aromatic rings. The van der Waals surface area contributed by atoms with Gasteiger partial charge < -0.3 is 5.32 Å². The summed E-state index contributed by atoms with van der Waals surface area (Å²) < 4.78 is 0. The predicted molar refractivity (Wildman–Crippen MR) is 74.7 cm³/mol. The minimum Gasteiger partial charge on any atom is -0.315 e. The first-order valence-corrected chi connectivity index (χ1v) is 6.99. The minimum atomic E-state index is 0.298. The van der Waals surface area contributed by atoms with Gasteiger partial charge in [-0.2, -0.15) is 0 Å². The van der Waals surface area contributed by atoms with Gasteiger partial charge in [0.1, 0.15) is 5.78 Å². The van der Waals surface area contributed by atoms with E-state index in [1.54, 1.807) is 0 Å². The van der Waals surface area contributed by atoms with Crippen molar-refractivity contribution in [2.75, 3.05) is 6.54 Å². The fourth-order valence-corrected chi connectivity index (χ4v) is 2.46. The Morgan fingerprint density at radius 3 is 2.72 bits per heavy atom. The molecular formula is C16H23NO. The second-order valence-electron chi connectivity index (χ2n) is 5.54. The van der Waals surface area contributed by atoms with Crippen LogP contribution in [0.5, 0.6) is 0 Å². The van der Waals surface area contributed by atoms with Crippen molar-refractivity contribution < 1.29 is 4.79 Å². The van der Waals surface area contributed by atoms with E-state index in [2.05, 4.69) is 43.4 Å². The summed E-state index contributed by atoms with van der Waals surface area (Å²) in [4.78, 5) is 12.0. The lowest BCUT2D eigenvalue weighted by Gasteiger charge is -2.07. The van der Waals surface area contributed by atoms with Crippen molar-refractivity contribution in [2.45, 2.75) is 45.1 Å². The molecule has 2 atom stereocenters. The number of nitrogens with one attached hydrogen (secondary N) is 1. The summed E-state index contributed by atoms with van der Waals surface area (Å²) in [5.41, 5.74) is 1.33. The number of carbonyl (C=O) groups excluding carboxylic acids is 1. The van der Waals surface area contributed by atoms with E-state index in [-0.39, 0.29) is 0 Å². The van der Waals surface area contributed by atoms with Crippen LogP contribution in [0.15, 0.2) is 30.3 Å². The third-order valence-electron chi connectivity index (χ3n) is 3.58. The van der Waals surface area contributed by atoms with Crippen molar-refractivity contribution >= 4 is 5.78 Å². The standard InChI is InChI=1S/C16H23NO/c1-12(2)17-10-6-9-16(18)15-11-14(15)13-7-4-3-5-8-13/h3-5,7-8,12,14-15,17H,6,9-11H2,1-2H3. The highest BCUT2D eigenvalue weighted by molar-refractivity contribution is 5.84. The Kier molecular flexibility index (Phi) is 4.54. The van der Waals surface area contributed by atoms with Crippen LogP contribution in [-0.4, -0.2) is 18.4 Å². The molecule has 0 saturated heterocycles. The average molecular weight is 245 g/mol. The van der Waals surface area contributed by atoms with E-state index in [1.165, 1.54) is 5.56 Å². The second-order valence-corrected chi connectivity index (χ2v) is 5.54. The molecule has 1 aliphatic rings. The molecule has 18 heavy (non-hydrogen) atoms. The highest BCUT2D eigenvalue weighted by atomic mass is 16.1. The van der Waals surface area contributed by atoms with E-state index in [4.69, 9.17) is 0 Å². The van der Waals surface area contributed by atoms with Crippen molar-refractivity contribution in [1.29, 1.82) is 0 Å². The summed E-state index contributed by atoms with van der Waals surface area (Å²) in [6.07, 6.45) is 2.75. The SMILES string of the molecule is CC(C)NCCCC(=O)C1CC1c1ccccc1. The molecule has 2 unspecified atom stereocenters. The Labute approximate surface area is 110 Å². The Morgan fingerprint density at radius 2 is 2.06 bits per heavy atom. The molecule has 0 bridgehead atoms. The summed E-state index contributed by atoms with van der Waals surface area (Å²) in [6, 6.07) is 10.9. The van der Waals surface area contributed by atoms with Crippen LogP contribution >= 0.6 is 0 Å². The zero-order valence-corrected chi connectivity index (χ0v) is 11.4. The fourth-order valence-electron chi connectivity index (χ4n) is 2.46. The molecule has 0 spiro atoms. The molecule has 98 valence electrons. The zero-order valence-electron chi connectivity index (χ0n) is 11.4. The maximum absolute atomic E-state index is 12.0. The first-order valence-electron chi connectivity index (χ1n) is 6.99. The molecule has 1 saturated carbocycles. The molecular weight excluding hydrogens is 222 g/mol. The molecule has 1 fully saturated rings. The van der Waals surface area contributed by atoms with Crippen molar-refractivity contribution in [2.24, 2.45) is 5.92 Å². The van der Waals surface area contributed by atoms with Crippen molar-refractivity contribution in [1.82, 2.24) is 5.32 Å². The Morgan fingerprint density at radius 1 is 1.33 bits per heavy atom. The lowest BCUT2D eigenvalue weighted by atomic mass is 10.1. The van der Waals surface area contributed by atoms with Crippen molar-refractivity contribution in [3.8, 4) is 0 Å². The van der Waals surface area contributed by atoms with Crippen molar-refractivity contribution in [3.05, 3.63) is 35.9 Å². The lowest BCUT2D eigenvalue weighted by molar-refractivity contribution is -0.120. The number of rotatable bonds is 7. The molecule has 1 aliphatic carbocycles. The van der Waals surface area contributed by atoms with E-state index >= 15 is 0 Å². The fraction of sp³-hybridized carbons (Fsp3) is 0.562. The molecule has 2 heteroatoms. The third kappa shape index (κ3) is 3.67. The van der Waals surface area contributed by atoms with E-state index in [0.29, 0.717) is 23.7 Å². The van der Waals surface area contributed by atoms with Crippen LogP contribution in [0.3, 0.4) is 0 Å². The highest BCUT2D eigenvalue weighted by Gasteiger charge is 2.42. The molecule has 0 heterocycles. The topological polar surface area (TPSA) is 29.1 Å². The number of Topliss-reactive ketones (excluding diaryl/α,β-unsaturated/α-hetero) is 1. The van der Waals surface area contributed by atoms with Gasteiger partial charge in [-0.3, -0.25) is 4.79 Å². The van der Waals surface area contributed by atoms with Gasteiger partial charge in [0.2, 0.25) is 0 Å². The maximum Gasteiger partial charge on any atom is 0.136 e. The second kappa shape index (κ2) is 6.14. The largest absolute Gasteiger partial charge is 0.315 e. The predicted octanol–water partition coefficient (Wildman–Crippen LogP) is 3.14. The van der Waals surface area contributed by atoms with E-state index in [1.807, 2.05) is 6.07 Å². The van der Waals surface area contributed by atoms with Crippen LogP contribution in [0.4, 0.5) is 0 Å². The van der Waals surface area contributed by atoms with Gasteiger partial charge in [-0.25, -0.2) is 0 Å².